The number of para-hydroxylation sites is 1. The van der Waals surface area contributed by atoms with Crippen molar-refractivity contribution in [2.24, 2.45) is 0 Å². The molecule has 0 unspecified atom stereocenters. The molecular weight excluding hydrogens is 190 g/mol. The monoisotopic (exact) mass is 205 g/mol. The first-order valence-corrected chi connectivity index (χ1v) is 4.72. The van der Waals surface area contributed by atoms with Crippen LogP contribution in [0.3, 0.4) is 0 Å². The number of carbonyl (C=O) groups is 1. The molecule has 0 aromatic heterocycles. The van der Waals surface area contributed by atoms with Crippen molar-refractivity contribution >= 4 is 11.7 Å². The van der Waals surface area contributed by atoms with Crippen LogP contribution in [0.5, 0.6) is 0 Å². The average Bonchev–Trinajstić information content (AvgIpc) is 2.21. The summed E-state index contributed by atoms with van der Waals surface area (Å²) in [6.45, 7) is 3.83. The van der Waals surface area contributed by atoms with Gasteiger partial charge in [-0.15, -0.1) is 0 Å². The van der Waals surface area contributed by atoms with E-state index in [1.54, 1.807) is 0 Å². The number of esters is 1. The van der Waals surface area contributed by atoms with Crippen LogP contribution in [0.1, 0.15) is 12.5 Å². The number of allylic oxidation sites excluding steroid dienone is 1. The highest BCUT2D eigenvalue weighted by atomic mass is 16.5. The van der Waals surface area contributed by atoms with E-state index in [1.165, 1.54) is 13.2 Å². The maximum absolute atomic E-state index is 11.0. The number of rotatable bonds is 3. The van der Waals surface area contributed by atoms with Crippen molar-refractivity contribution < 1.29 is 9.53 Å². The van der Waals surface area contributed by atoms with Crippen molar-refractivity contribution in [2.45, 2.75) is 13.8 Å². The third kappa shape index (κ3) is 3.46. The van der Waals surface area contributed by atoms with Crippen LogP contribution in [0.4, 0.5) is 5.69 Å². The van der Waals surface area contributed by atoms with Gasteiger partial charge in [0.15, 0.2) is 0 Å². The van der Waals surface area contributed by atoms with Gasteiger partial charge in [-0.3, -0.25) is 0 Å². The third-order valence-electron chi connectivity index (χ3n) is 2.01. The van der Waals surface area contributed by atoms with Crippen molar-refractivity contribution in [1.29, 1.82) is 0 Å². The van der Waals surface area contributed by atoms with Crippen LogP contribution in [-0.2, 0) is 9.53 Å². The minimum Gasteiger partial charge on any atom is -0.466 e. The Hall–Kier alpha value is -1.77. The van der Waals surface area contributed by atoms with Crippen LogP contribution in [-0.4, -0.2) is 13.1 Å². The van der Waals surface area contributed by atoms with Crippen molar-refractivity contribution in [2.75, 3.05) is 12.4 Å². The van der Waals surface area contributed by atoms with Crippen LogP contribution in [0.2, 0.25) is 0 Å². The van der Waals surface area contributed by atoms with E-state index in [9.17, 15) is 4.79 Å². The molecule has 3 nitrogen and oxygen atoms in total. The Morgan fingerprint density at radius 3 is 2.67 bits per heavy atom. The lowest BCUT2D eigenvalue weighted by Crippen LogP contribution is -2.02. The van der Waals surface area contributed by atoms with Crippen molar-refractivity contribution in [3.05, 3.63) is 41.6 Å². The second-order valence-electron chi connectivity index (χ2n) is 3.29. The predicted octanol–water partition coefficient (Wildman–Crippen LogP) is 2.48. The molecule has 0 spiro atoms. The van der Waals surface area contributed by atoms with Gasteiger partial charge in [-0.2, -0.15) is 0 Å². The molecule has 0 saturated carbocycles. The zero-order valence-corrected chi connectivity index (χ0v) is 9.20. The van der Waals surface area contributed by atoms with Gasteiger partial charge in [0.2, 0.25) is 0 Å². The first-order chi connectivity index (χ1) is 7.13. The standard InChI is InChI=1S/C12H15NO2/c1-9-6-4-5-7-11(9)13-10(2)8-12(14)15-3/h4-8,13H,1-3H3. The molecule has 3 heteroatoms. The van der Waals surface area contributed by atoms with Crippen molar-refractivity contribution in [3.8, 4) is 0 Å². The summed E-state index contributed by atoms with van der Waals surface area (Å²) in [5.74, 6) is -0.353. The van der Waals surface area contributed by atoms with Gasteiger partial charge < -0.3 is 10.1 Å². The van der Waals surface area contributed by atoms with Gasteiger partial charge >= 0.3 is 5.97 Å². The first kappa shape index (κ1) is 11.3. The summed E-state index contributed by atoms with van der Waals surface area (Å²) in [4.78, 5) is 11.0. The van der Waals surface area contributed by atoms with E-state index < -0.39 is 0 Å². The van der Waals surface area contributed by atoms with Gasteiger partial charge in [0.05, 0.1) is 7.11 Å². The number of aryl methyl sites for hydroxylation is 1. The molecule has 0 saturated heterocycles. The number of anilines is 1. The Morgan fingerprint density at radius 2 is 2.07 bits per heavy atom. The van der Waals surface area contributed by atoms with Crippen LogP contribution in [0.15, 0.2) is 36.0 Å². The minimum atomic E-state index is -0.353. The highest BCUT2D eigenvalue weighted by Gasteiger charge is 1.99. The van der Waals surface area contributed by atoms with Gasteiger partial charge in [-0.05, 0) is 25.5 Å². The number of carbonyl (C=O) groups excluding carboxylic acids is 1. The quantitative estimate of drug-likeness (QED) is 0.608. The van der Waals surface area contributed by atoms with Gasteiger partial charge in [-0.1, -0.05) is 18.2 Å². The Balaban J connectivity index is 2.74. The highest BCUT2D eigenvalue weighted by molar-refractivity contribution is 5.83. The largest absolute Gasteiger partial charge is 0.466 e. The third-order valence-corrected chi connectivity index (χ3v) is 2.01. The Labute approximate surface area is 89.8 Å². The molecule has 1 N–H and O–H groups in total. The van der Waals surface area contributed by atoms with Gasteiger partial charge in [0, 0.05) is 17.5 Å². The maximum Gasteiger partial charge on any atom is 0.332 e. The molecule has 0 bridgehead atoms. The molecule has 80 valence electrons. The van der Waals surface area contributed by atoms with Crippen LogP contribution < -0.4 is 5.32 Å². The number of ether oxygens (including phenoxy) is 1. The van der Waals surface area contributed by atoms with Crippen LogP contribution in [0, 0.1) is 6.92 Å². The van der Waals surface area contributed by atoms with Gasteiger partial charge in [-0.25, -0.2) is 4.79 Å². The maximum atomic E-state index is 11.0. The topological polar surface area (TPSA) is 38.3 Å². The molecular formula is C12H15NO2. The second kappa shape index (κ2) is 5.20. The van der Waals surface area contributed by atoms with E-state index in [4.69, 9.17) is 0 Å². The number of nitrogens with one attached hydrogen (secondary N) is 1. The fourth-order valence-electron chi connectivity index (χ4n) is 1.20. The molecule has 1 aromatic rings. The minimum absolute atomic E-state index is 0.353. The zero-order chi connectivity index (χ0) is 11.3. The molecule has 1 rings (SSSR count). The van der Waals surface area contributed by atoms with E-state index in [0.29, 0.717) is 0 Å². The molecule has 0 heterocycles. The summed E-state index contributed by atoms with van der Waals surface area (Å²) < 4.78 is 4.53. The Morgan fingerprint density at radius 1 is 1.40 bits per heavy atom. The Bertz CT molecular complexity index is 383. The van der Waals surface area contributed by atoms with Crippen molar-refractivity contribution in [3.63, 3.8) is 0 Å². The zero-order valence-electron chi connectivity index (χ0n) is 9.20. The summed E-state index contributed by atoms with van der Waals surface area (Å²) in [6, 6.07) is 7.89. The van der Waals surface area contributed by atoms with Crippen molar-refractivity contribution in [1.82, 2.24) is 0 Å². The molecule has 0 aliphatic rings. The van der Waals surface area contributed by atoms with Crippen LogP contribution >= 0.6 is 0 Å². The van der Waals surface area contributed by atoms with Crippen LogP contribution in [0.25, 0.3) is 0 Å². The lowest BCUT2D eigenvalue weighted by atomic mass is 10.2. The molecule has 0 atom stereocenters. The molecule has 0 fully saturated rings. The van der Waals surface area contributed by atoms with E-state index >= 15 is 0 Å². The predicted molar refractivity (Wildman–Crippen MR) is 60.6 cm³/mol. The fourth-order valence-corrected chi connectivity index (χ4v) is 1.20. The summed E-state index contributed by atoms with van der Waals surface area (Å²) in [5, 5.41) is 3.14. The Kier molecular flexibility index (Phi) is 3.92. The van der Waals surface area contributed by atoms with E-state index in [1.807, 2.05) is 38.1 Å². The normalized spacial score (nSPS) is 11.0. The van der Waals surface area contributed by atoms with E-state index in [2.05, 4.69) is 10.1 Å². The van der Waals surface area contributed by atoms with E-state index in [-0.39, 0.29) is 5.97 Å². The molecule has 1 aromatic carbocycles. The number of methoxy groups -OCH3 is 1. The van der Waals surface area contributed by atoms with Gasteiger partial charge in [0.25, 0.3) is 0 Å². The number of benzene rings is 1. The molecule has 0 radical (unpaired) electrons. The molecule has 0 amide bonds. The summed E-state index contributed by atoms with van der Waals surface area (Å²) >= 11 is 0. The fraction of sp³-hybridized carbons (Fsp3) is 0.250. The lowest BCUT2D eigenvalue weighted by molar-refractivity contribution is -0.134. The SMILES string of the molecule is COC(=O)C=C(C)Nc1ccccc1C. The number of hydrogen-bond acceptors (Lipinski definition) is 3. The summed E-state index contributed by atoms with van der Waals surface area (Å²) in [5.41, 5.74) is 2.89. The first-order valence-electron chi connectivity index (χ1n) is 4.72. The summed E-state index contributed by atoms with van der Waals surface area (Å²) in [6.07, 6.45) is 1.42. The molecule has 15 heavy (non-hydrogen) atoms. The smallest absolute Gasteiger partial charge is 0.332 e. The second-order valence-corrected chi connectivity index (χ2v) is 3.29. The van der Waals surface area contributed by atoms with E-state index in [0.717, 1.165) is 16.9 Å². The average molecular weight is 205 g/mol. The molecule has 0 aliphatic carbocycles. The lowest BCUT2D eigenvalue weighted by Gasteiger charge is -2.08. The summed E-state index contributed by atoms with van der Waals surface area (Å²) in [7, 11) is 1.36. The molecule has 0 aliphatic heterocycles. The number of hydrogen-bond donors (Lipinski definition) is 1. The van der Waals surface area contributed by atoms with Gasteiger partial charge in [0.1, 0.15) is 0 Å². The highest BCUT2D eigenvalue weighted by Crippen LogP contribution is 2.15.